The summed E-state index contributed by atoms with van der Waals surface area (Å²) < 4.78 is 1.50. The van der Waals surface area contributed by atoms with E-state index in [1.165, 1.54) is 29.6 Å². The third-order valence-corrected chi connectivity index (χ3v) is 7.32. The Hall–Kier alpha value is -4.69. The summed E-state index contributed by atoms with van der Waals surface area (Å²) in [5, 5.41) is 71.0. The largest absolute Gasteiger partial charge is 0.507 e. The number of hydrogen-bond donors (Lipinski definition) is 8. The molecule has 0 spiro atoms. The van der Waals surface area contributed by atoms with Crippen LogP contribution in [-0.2, 0) is 20.8 Å². The highest BCUT2D eigenvalue weighted by Gasteiger charge is 2.48. The summed E-state index contributed by atoms with van der Waals surface area (Å²) >= 11 is 0. The van der Waals surface area contributed by atoms with E-state index in [-0.39, 0.29) is 34.8 Å². The van der Waals surface area contributed by atoms with E-state index in [1.54, 1.807) is 14.1 Å². The van der Waals surface area contributed by atoms with Crippen LogP contribution >= 0.6 is 0 Å². The number of hydrogen-bond acceptors (Lipinski definition) is 11. The van der Waals surface area contributed by atoms with Crippen molar-refractivity contribution < 1.29 is 54.4 Å². The number of aliphatic carboxylic acids is 1. The van der Waals surface area contributed by atoms with E-state index < -0.39 is 87.1 Å². The van der Waals surface area contributed by atoms with E-state index in [9.17, 15) is 49.8 Å². The second-order valence-electron chi connectivity index (χ2n) is 12.1. The van der Waals surface area contributed by atoms with E-state index in [0.29, 0.717) is 0 Å². The highest BCUT2D eigenvalue weighted by molar-refractivity contribution is 6.26. The number of rotatable bonds is 8. The second kappa shape index (κ2) is 12.1. The van der Waals surface area contributed by atoms with Gasteiger partial charge in [-0.2, -0.15) is 0 Å². The molecule has 14 nitrogen and oxygen atoms in total. The molecule has 0 heterocycles. The number of benzene rings is 1. The number of phenolic OH excluding ortho intramolecular Hbond substituents is 3. The molecule has 1 amide bonds. The van der Waals surface area contributed by atoms with E-state index in [4.69, 9.17) is 0 Å². The van der Waals surface area contributed by atoms with Crippen molar-refractivity contribution in [3.63, 3.8) is 0 Å². The summed E-state index contributed by atoms with van der Waals surface area (Å²) in [5.74, 6) is -8.88. The number of carbonyl (C=O) groups excluding carboxylic acids is 3. The smallest absolute Gasteiger partial charge is 0.335 e. The number of nitrogens with zero attached hydrogens (tertiary/aromatic N) is 2. The quantitative estimate of drug-likeness (QED) is 0.0658. The predicted molar refractivity (Wildman–Crippen MR) is 159 cm³/mol. The molecule has 0 fully saturated rings. The van der Waals surface area contributed by atoms with E-state index in [1.807, 2.05) is 20.8 Å². The molecule has 8 N–H and O–H groups in total. The standard InChI is InChI=1S/C30H38N4O10/c1-12(35)18-27(41)22(34(7)8)14(24(38)28(18)42)9-13-19(29(43)44)26(40)21-20(23(13)37)16(33(5)6)10-15(25(21)39)32-17(36)11-31-30(2,3)4/h10,13,23,31,37H,9,11H2,1-8H3,(H5,32,35,36,38,39,40,41,42,43,44)/p+1/t13-,23+/m0/s1. The zero-order valence-corrected chi connectivity index (χ0v) is 25.9. The van der Waals surface area contributed by atoms with Gasteiger partial charge in [-0.15, -0.1) is 0 Å². The summed E-state index contributed by atoms with van der Waals surface area (Å²) in [4.78, 5) is 52.2. The van der Waals surface area contributed by atoms with Gasteiger partial charge in [-0.25, -0.2) is 9.37 Å². The molecule has 44 heavy (non-hydrogen) atoms. The predicted octanol–water partition coefficient (Wildman–Crippen LogP) is 0.483. The van der Waals surface area contributed by atoms with Gasteiger partial charge in [0.05, 0.1) is 40.8 Å². The van der Waals surface area contributed by atoms with Crippen LogP contribution in [0.4, 0.5) is 5.69 Å². The Kier molecular flexibility index (Phi) is 9.32. The Morgan fingerprint density at radius 1 is 1.02 bits per heavy atom. The Labute approximate surface area is 253 Å². The van der Waals surface area contributed by atoms with Crippen molar-refractivity contribution >= 4 is 34.8 Å². The van der Waals surface area contributed by atoms with E-state index in [2.05, 4.69) is 10.6 Å². The molecule has 1 aromatic carbocycles. The Bertz CT molecular complexity index is 1590. The molecule has 2 atom stereocenters. The number of carboxylic acid groups (broad SMARTS) is 1. The summed E-state index contributed by atoms with van der Waals surface area (Å²) in [5.41, 5.74) is -2.81. The molecule has 14 heteroatoms. The lowest BCUT2D eigenvalue weighted by Crippen LogP contribution is -2.46. The first-order chi connectivity index (χ1) is 20.2. The van der Waals surface area contributed by atoms with Gasteiger partial charge in [-0.1, -0.05) is 0 Å². The molecule has 0 saturated heterocycles. The topological polar surface area (TPSA) is 220 Å². The van der Waals surface area contributed by atoms with E-state index >= 15 is 0 Å². The number of carboxylic acids is 1. The highest BCUT2D eigenvalue weighted by Crippen LogP contribution is 2.49. The molecule has 0 aliphatic heterocycles. The first kappa shape index (κ1) is 33.8. The first-order valence-electron chi connectivity index (χ1n) is 13.6. The van der Waals surface area contributed by atoms with Crippen molar-refractivity contribution in [1.29, 1.82) is 0 Å². The van der Waals surface area contributed by atoms with Crippen LogP contribution in [0.3, 0.4) is 0 Å². The lowest BCUT2D eigenvalue weighted by Gasteiger charge is -2.34. The number of phenols is 3. The van der Waals surface area contributed by atoms with Crippen LogP contribution in [0.25, 0.3) is 0 Å². The number of amides is 1. The van der Waals surface area contributed by atoms with Gasteiger partial charge in [0, 0.05) is 37.2 Å². The maximum absolute atomic E-state index is 13.6. The van der Waals surface area contributed by atoms with Gasteiger partial charge in [-0.05, 0) is 34.1 Å². The maximum atomic E-state index is 13.6. The lowest BCUT2D eigenvalue weighted by atomic mass is 9.72. The van der Waals surface area contributed by atoms with Crippen molar-refractivity contribution in [2.24, 2.45) is 5.92 Å². The Morgan fingerprint density at radius 3 is 2.09 bits per heavy atom. The molecule has 2 aliphatic rings. The summed E-state index contributed by atoms with van der Waals surface area (Å²) in [6.45, 7) is 6.46. The molecule has 0 radical (unpaired) electrons. The normalized spacial score (nSPS) is 18.6. The van der Waals surface area contributed by atoms with Gasteiger partial charge in [0.25, 0.3) is 0 Å². The van der Waals surface area contributed by atoms with Gasteiger partial charge in [-0.3, -0.25) is 14.4 Å². The van der Waals surface area contributed by atoms with Crippen LogP contribution in [0.5, 0.6) is 17.2 Å². The number of allylic oxidation sites excluding steroid dienone is 3. The second-order valence-corrected chi connectivity index (χ2v) is 12.1. The monoisotopic (exact) mass is 615 g/mol. The van der Waals surface area contributed by atoms with Gasteiger partial charge in [0.1, 0.15) is 25.4 Å². The summed E-state index contributed by atoms with van der Waals surface area (Å²) in [6, 6.07) is 0. The minimum absolute atomic E-state index is 0.127. The number of carbonyl (C=O) groups is 4. The molecular formula is C30H39N4O10+. The zero-order chi connectivity index (χ0) is 33.6. The van der Waals surface area contributed by atoms with Crippen LogP contribution in [0.15, 0.2) is 34.3 Å². The highest BCUT2D eigenvalue weighted by atomic mass is 16.4. The molecule has 0 bridgehead atoms. The third-order valence-electron chi connectivity index (χ3n) is 7.32. The van der Waals surface area contributed by atoms with Crippen LogP contribution in [0, 0.1) is 5.92 Å². The van der Waals surface area contributed by atoms with Crippen molar-refractivity contribution in [3.8, 4) is 17.2 Å². The van der Waals surface area contributed by atoms with Crippen LogP contribution in [0.2, 0.25) is 0 Å². The molecule has 0 unspecified atom stereocenters. The van der Waals surface area contributed by atoms with Crippen LogP contribution in [-0.4, -0.2) is 111 Å². The fourth-order valence-electron chi connectivity index (χ4n) is 5.32. The van der Waals surface area contributed by atoms with Crippen molar-refractivity contribution in [3.05, 3.63) is 45.4 Å². The minimum Gasteiger partial charge on any atom is -0.507 e. The molecule has 1 aromatic rings. The average molecular weight is 616 g/mol. The average Bonchev–Trinajstić information content (AvgIpc) is 2.88. The lowest BCUT2D eigenvalue weighted by molar-refractivity contribution is -0.463. The Morgan fingerprint density at radius 2 is 1.61 bits per heavy atom. The third kappa shape index (κ3) is 6.17. The van der Waals surface area contributed by atoms with Gasteiger partial charge in [0.2, 0.25) is 17.4 Å². The van der Waals surface area contributed by atoms with Crippen molar-refractivity contribution in [2.45, 2.75) is 45.8 Å². The molecule has 0 saturated carbocycles. The number of nitrogens with one attached hydrogen (secondary N) is 2. The number of aliphatic hydroxyl groups excluding tert-OH is 2. The number of Topliss-reactive ketones (excluding diaryl/α,β-unsaturated/α-hetero) is 2. The van der Waals surface area contributed by atoms with Crippen molar-refractivity contribution in [2.75, 3.05) is 39.6 Å². The zero-order valence-electron chi connectivity index (χ0n) is 25.9. The number of aromatic hydroxyl groups is 3. The van der Waals surface area contributed by atoms with Gasteiger partial charge < -0.3 is 46.2 Å². The van der Waals surface area contributed by atoms with Gasteiger partial charge >= 0.3 is 5.97 Å². The molecule has 3 rings (SSSR count). The molecule has 2 aliphatic carbocycles. The fourth-order valence-corrected chi connectivity index (χ4v) is 5.32. The number of anilines is 1. The fraction of sp³-hybridized carbons (Fsp3) is 0.433. The van der Waals surface area contributed by atoms with Gasteiger partial charge in [0.15, 0.2) is 23.0 Å². The van der Waals surface area contributed by atoms with Crippen LogP contribution in [0.1, 0.15) is 43.6 Å². The first-order valence-corrected chi connectivity index (χ1v) is 13.6. The Balaban J connectivity index is 2.20. The molecule has 238 valence electrons. The molecular weight excluding hydrogens is 576 g/mol. The maximum Gasteiger partial charge on any atom is 0.335 e. The number of aliphatic hydroxyl groups is 2. The minimum atomic E-state index is -1.77. The SMILES string of the molecule is CC(=O)c1c(O)c(O)c(C[C@H]2C(C(=O)O)=C(O)C3=C(C(=[N+](C)C)C=C(NC(=O)CNC(C)(C)C)C3=O)[C@@H]2O)c(N(C)C)c1O. The summed E-state index contributed by atoms with van der Waals surface area (Å²) in [6.07, 6.45) is -1.03. The molecule has 0 aromatic heterocycles. The summed E-state index contributed by atoms with van der Waals surface area (Å²) in [7, 11) is 6.10. The van der Waals surface area contributed by atoms with Crippen molar-refractivity contribution in [1.82, 2.24) is 10.6 Å². The van der Waals surface area contributed by atoms with E-state index in [0.717, 1.165) is 6.92 Å². The van der Waals surface area contributed by atoms with Crippen LogP contribution < -0.4 is 15.5 Å². The number of ketones is 2.